The number of amides is 1. The molecule has 3 rings (SSSR count). The van der Waals surface area contributed by atoms with Crippen LogP contribution in [0.25, 0.3) is 5.69 Å². The Labute approximate surface area is 161 Å². The highest BCUT2D eigenvalue weighted by atomic mass is 127. The standard InChI is InChI=1S/C18H13F3IN3O/c1-11-2-8-14(9-3-11)25-16(18(19,20)21)15(10-23-25)17(26)24-13-6-4-12(22)5-7-13/h2-10H,1H3,(H,24,26). The van der Waals surface area contributed by atoms with Crippen LogP contribution >= 0.6 is 22.6 Å². The SMILES string of the molecule is Cc1ccc(-n2ncc(C(=O)Nc3ccc(I)cc3)c2C(F)(F)F)cc1. The predicted molar refractivity (Wildman–Crippen MR) is 100 cm³/mol. The van der Waals surface area contributed by atoms with Crippen LogP contribution in [0.2, 0.25) is 0 Å². The summed E-state index contributed by atoms with van der Waals surface area (Å²) in [5.41, 5.74) is -0.0880. The van der Waals surface area contributed by atoms with Crippen LogP contribution in [0.1, 0.15) is 21.6 Å². The van der Waals surface area contributed by atoms with Crippen LogP contribution in [0, 0.1) is 10.5 Å². The van der Waals surface area contributed by atoms with Gasteiger partial charge >= 0.3 is 6.18 Å². The van der Waals surface area contributed by atoms with E-state index in [4.69, 9.17) is 0 Å². The Morgan fingerprint density at radius 3 is 2.27 bits per heavy atom. The van der Waals surface area contributed by atoms with Crippen LogP contribution in [-0.2, 0) is 6.18 Å². The number of nitrogens with zero attached hydrogens (tertiary/aromatic N) is 2. The number of carbonyl (C=O) groups excluding carboxylic acids is 1. The van der Waals surface area contributed by atoms with Gasteiger partial charge in [0, 0.05) is 9.26 Å². The van der Waals surface area contributed by atoms with Crippen molar-refractivity contribution in [2.75, 3.05) is 5.32 Å². The average molecular weight is 471 g/mol. The first kappa shape index (κ1) is 18.4. The molecule has 0 bridgehead atoms. The Bertz CT molecular complexity index is 932. The summed E-state index contributed by atoms with van der Waals surface area (Å²) in [6, 6.07) is 13.2. The van der Waals surface area contributed by atoms with Crippen LogP contribution in [0.5, 0.6) is 0 Å². The lowest BCUT2D eigenvalue weighted by atomic mass is 10.2. The smallest absolute Gasteiger partial charge is 0.322 e. The molecule has 1 N–H and O–H groups in total. The zero-order chi connectivity index (χ0) is 18.9. The zero-order valence-corrected chi connectivity index (χ0v) is 15.7. The first-order valence-corrected chi connectivity index (χ1v) is 8.63. The lowest BCUT2D eigenvalue weighted by Crippen LogP contribution is -2.20. The fraction of sp³-hybridized carbons (Fsp3) is 0.111. The van der Waals surface area contributed by atoms with Crippen LogP contribution in [0.4, 0.5) is 18.9 Å². The summed E-state index contributed by atoms with van der Waals surface area (Å²) >= 11 is 2.09. The summed E-state index contributed by atoms with van der Waals surface area (Å²) in [7, 11) is 0. The molecule has 0 radical (unpaired) electrons. The quantitative estimate of drug-likeness (QED) is 0.544. The molecular formula is C18H13F3IN3O. The Morgan fingerprint density at radius 2 is 1.69 bits per heavy atom. The van der Waals surface area contributed by atoms with Crippen molar-refractivity contribution in [3.63, 3.8) is 0 Å². The molecule has 0 aliphatic rings. The van der Waals surface area contributed by atoms with E-state index in [1.165, 1.54) is 12.1 Å². The fourth-order valence-electron chi connectivity index (χ4n) is 2.40. The molecule has 0 saturated heterocycles. The van der Waals surface area contributed by atoms with Gasteiger partial charge in [-0.05, 0) is 65.9 Å². The molecule has 4 nitrogen and oxygen atoms in total. The van der Waals surface area contributed by atoms with Crippen molar-refractivity contribution in [3.05, 3.63) is 75.1 Å². The van der Waals surface area contributed by atoms with Crippen LogP contribution < -0.4 is 5.32 Å². The summed E-state index contributed by atoms with van der Waals surface area (Å²) in [6.45, 7) is 1.83. The minimum Gasteiger partial charge on any atom is -0.322 e. The van der Waals surface area contributed by atoms with Crippen LogP contribution in [-0.4, -0.2) is 15.7 Å². The third-order valence-corrected chi connectivity index (χ3v) is 4.38. The topological polar surface area (TPSA) is 46.9 Å². The van der Waals surface area contributed by atoms with E-state index in [0.29, 0.717) is 5.69 Å². The van der Waals surface area contributed by atoms with E-state index in [1.807, 2.05) is 6.92 Å². The van der Waals surface area contributed by atoms with Crippen molar-refractivity contribution in [1.29, 1.82) is 0 Å². The Balaban J connectivity index is 2.00. The molecule has 2 aromatic carbocycles. The molecule has 134 valence electrons. The van der Waals surface area contributed by atoms with Gasteiger partial charge in [0.25, 0.3) is 5.91 Å². The molecule has 1 aromatic heterocycles. The number of aromatic nitrogens is 2. The van der Waals surface area contributed by atoms with E-state index in [0.717, 1.165) is 20.0 Å². The van der Waals surface area contributed by atoms with Gasteiger partial charge in [-0.15, -0.1) is 0 Å². The van der Waals surface area contributed by atoms with Crippen molar-refractivity contribution >= 4 is 34.2 Å². The number of halogens is 4. The number of alkyl halides is 3. The van der Waals surface area contributed by atoms with Gasteiger partial charge in [0.15, 0.2) is 5.69 Å². The van der Waals surface area contributed by atoms with Crippen LogP contribution in [0.3, 0.4) is 0 Å². The van der Waals surface area contributed by atoms with E-state index in [9.17, 15) is 18.0 Å². The number of benzene rings is 2. The number of carbonyl (C=O) groups is 1. The Kier molecular flexibility index (Phi) is 5.03. The number of rotatable bonds is 3. The Hall–Kier alpha value is -2.36. The number of nitrogens with one attached hydrogen (secondary N) is 1. The van der Waals surface area contributed by atoms with Crippen molar-refractivity contribution in [1.82, 2.24) is 9.78 Å². The second-order valence-corrected chi connectivity index (χ2v) is 6.86. The average Bonchev–Trinajstić information content (AvgIpc) is 3.03. The molecule has 0 unspecified atom stereocenters. The summed E-state index contributed by atoms with van der Waals surface area (Å²) in [4.78, 5) is 12.4. The molecule has 1 amide bonds. The van der Waals surface area contributed by atoms with Crippen molar-refractivity contribution in [2.24, 2.45) is 0 Å². The lowest BCUT2D eigenvalue weighted by Gasteiger charge is -2.13. The number of hydrogen-bond acceptors (Lipinski definition) is 2. The van der Waals surface area contributed by atoms with Gasteiger partial charge in [-0.1, -0.05) is 17.7 Å². The summed E-state index contributed by atoms with van der Waals surface area (Å²) < 4.78 is 42.5. The first-order chi connectivity index (χ1) is 12.3. The Morgan fingerprint density at radius 1 is 1.08 bits per heavy atom. The molecule has 0 saturated carbocycles. The van der Waals surface area contributed by atoms with E-state index < -0.39 is 23.3 Å². The largest absolute Gasteiger partial charge is 0.434 e. The highest BCUT2D eigenvalue weighted by Gasteiger charge is 2.40. The molecule has 26 heavy (non-hydrogen) atoms. The number of aryl methyl sites for hydroxylation is 1. The second-order valence-electron chi connectivity index (χ2n) is 5.61. The molecule has 0 aliphatic carbocycles. The van der Waals surface area contributed by atoms with Gasteiger partial charge in [0.1, 0.15) is 0 Å². The van der Waals surface area contributed by atoms with Crippen molar-refractivity contribution in [3.8, 4) is 5.69 Å². The predicted octanol–water partition coefficient (Wildman–Crippen LogP) is 5.06. The second kappa shape index (κ2) is 7.10. The summed E-state index contributed by atoms with van der Waals surface area (Å²) in [5.74, 6) is -0.864. The minimum atomic E-state index is -4.74. The molecule has 0 atom stereocenters. The van der Waals surface area contributed by atoms with Gasteiger partial charge in [-0.25, -0.2) is 4.68 Å². The zero-order valence-electron chi connectivity index (χ0n) is 13.5. The monoisotopic (exact) mass is 471 g/mol. The van der Waals surface area contributed by atoms with E-state index >= 15 is 0 Å². The maximum Gasteiger partial charge on any atom is 0.434 e. The van der Waals surface area contributed by atoms with Gasteiger partial charge in [0.05, 0.1) is 17.4 Å². The van der Waals surface area contributed by atoms with Gasteiger partial charge < -0.3 is 5.32 Å². The highest BCUT2D eigenvalue weighted by molar-refractivity contribution is 14.1. The lowest BCUT2D eigenvalue weighted by molar-refractivity contribution is -0.143. The molecule has 0 spiro atoms. The minimum absolute atomic E-state index is 0.233. The fourth-order valence-corrected chi connectivity index (χ4v) is 2.76. The first-order valence-electron chi connectivity index (χ1n) is 7.55. The van der Waals surface area contributed by atoms with Gasteiger partial charge in [0.2, 0.25) is 0 Å². The number of hydrogen-bond donors (Lipinski definition) is 1. The third-order valence-electron chi connectivity index (χ3n) is 3.66. The maximum absolute atomic E-state index is 13.6. The molecule has 8 heteroatoms. The van der Waals surface area contributed by atoms with E-state index in [-0.39, 0.29) is 5.69 Å². The van der Waals surface area contributed by atoms with Gasteiger partial charge in [-0.3, -0.25) is 4.79 Å². The van der Waals surface area contributed by atoms with Crippen molar-refractivity contribution < 1.29 is 18.0 Å². The molecule has 0 aliphatic heterocycles. The molecule has 3 aromatic rings. The number of anilines is 1. The highest BCUT2D eigenvalue weighted by Crippen LogP contribution is 2.34. The van der Waals surface area contributed by atoms with E-state index in [2.05, 4.69) is 33.0 Å². The third kappa shape index (κ3) is 3.90. The molecular weight excluding hydrogens is 458 g/mol. The maximum atomic E-state index is 13.6. The van der Waals surface area contributed by atoms with Gasteiger partial charge in [-0.2, -0.15) is 18.3 Å². The van der Waals surface area contributed by atoms with Crippen molar-refractivity contribution in [2.45, 2.75) is 13.1 Å². The van der Waals surface area contributed by atoms with E-state index in [1.54, 1.807) is 36.4 Å². The molecule has 0 fully saturated rings. The van der Waals surface area contributed by atoms with Crippen LogP contribution in [0.15, 0.2) is 54.7 Å². The molecule has 1 heterocycles. The summed E-state index contributed by atoms with van der Waals surface area (Å²) in [5, 5.41) is 6.27. The normalized spacial score (nSPS) is 11.4. The summed E-state index contributed by atoms with van der Waals surface area (Å²) in [6.07, 6.45) is -3.80.